The third-order valence-electron chi connectivity index (χ3n) is 3.12. The molecule has 0 radical (unpaired) electrons. The van der Waals surface area contributed by atoms with Gasteiger partial charge in [-0.15, -0.1) is 5.10 Å². The van der Waals surface area contributed by atoms with Gasteiger partial charge in [-0.3, -0.25) is 10.1 Å². The van der Waals surface area contributed by atoms with E-state index in [0.717, 1.165) is 11.3 Å². The molecule has 20 heavy (non-hydrogen) atoms. The van der Waals surface area contributed by atoms with E-state index in [0.29, 0.717) is 24.9 Å². The molecule has 0 fully saturated rings. The second-order valence-corrected chi connectivity index (χ2v) is 4.55. The van der Waals surface area contributed by atoms with Gasteiger partial charge in [0.25, 0.3) is 5.69 Å². The van der Waals surface area contributed by atoms with Crippen LogP contribution in [0.1, 0.15) is 23.2 Å². The van der Waals surface area contributed by atoms with Crippen LogP contribution in [-0.2, 0) is 13.0 Å². The van der Waals surface area contributed by atoms with E-state index in [4.69, 9.17) is 5.11 Å². The highest BCUT2D eigenvalue weighted by Gasteiger charge is 2.13. The van der Waals surface area contributed by atoms with Gasteiger partial charge in [-0.25, -0.2) is 4.68 Å². The maximum atomic E-state index is 10.9. The number of rotatable bonds is 6. The molecule has 1 N–H and O–H groups in total. The molecule has 0 amide bonds. The Morgan fingerprint density at radius 2 is 2.25 bits per heavy atom. The summed E-state index contributed by atoms with van der Waals surface area (Å²) in [6, 6.07) is 5.01. The van der Waals surface area contributed by atoms with E-state index in [9.17, 15) is 10.1 Å². The lowest BCUT2D eigenvalue weighted by Gasteiger charge is -2.05. The molecule has 0 unspecified atom stereocenters. The minimum Gasteiger partial charge on any atom is -0.396 e. The molecule has 7 nitrogen and oxygen atoms in total. The molecule has 0 aliphatic rings. The number of aliphatic hydroxyl groups is 1. The third-order valence-corrected chi connectivity index (χ3v) is 3.12. The highest BCUT2D eigenvalue weighted by Crippen LogP contribution is 2.21. The lowest BCUT2D eigenvalue weighted by Crippen LogP contribution is -2.04. The van der Waals surface area contributed by atoms with Crippen molar-refractivity contribution in [3.8, 4) is 0 Å². The van der Waals surface area contributed by atoms with Crippen LogP contribution < -0.4 is 0 Å². The van der Waals surface area contributed by atoms with Crippen LogP contribution in [0.25, 0.3) is 0 Å². The molecule has 2 aromatic rings. The number of aryl methyl sites for hydroxylation is 1. The van der Waals surface area contributed by atoms with Gasteiger partial charge >= 0.3 is 0 Å². The third kappa shape index (κ3) is 3.18. The zero-order chi connectivity index (χ0) is 14.5. The van der Waals surface area contributed by atoms with E-state index in [-0.39, 0.29) is 17.2 Å². The summed E-state index contributed by atoms with van der Waals surface area (Å²) in [5.74, 6) is 0. The fourth-order valence-electron chi connectivity index (χ4n) is 2.00. The summed E-state index contributed by atoms with van der Waals surface area (Å²) >= 11 is 0. The average Bonchev–Trinajstić information content (AvgIpc) is 2.86. The Morgan fingerprint density at radius 1 is 1.45 bits per heavy atom. The van der Waals surface area contributed by atoms with Crippen LogP contribution in [-0.4, -0.2) is 31.6 Å². The molecule has 2 rings (SSSR count). The van der Waals surface area contributed by atoms with Crippen molar-refractivity contribution in [2.24, 2.45) is 0 Å². The topological polar surface area (TPSA) is 94.1 Å². The fourth-order valence-corrected chi connectivity index (χ4v) is 2.00. The van der Waals surface area contributed by atoms with Crippen LogP contribution in [0.3, 0.4) is 0 Å². The number of nitrogens with zero attached hydrogens (tertiary/aromatic N) is 4. The molecule has 7 heteroatoms. The molecule has 0 aliphatic carbocycles. The number of hydrogen-bond donors (Lipinski definition) is 1. The van der Waals surface area contributed by atoms with Crippen LogP contribution in [0.5, 0.6) is 0 Å². The monoisotopic (exact) mass is 276 g/mol. The van der Waals surface area contributed by atoms with Crippen molar-refractivity contribution in [2.45, 2.75) is 26.3 Å². The maximum absolute atomic E-state index is 10.9. The standard InChI is InChI=1S/C13H16N4O3/c1-10-11(4-2-6-13(10)17(19)20)8-16-9-12(14-15-16)5-3-7-18/h2,4,6,9,18H,3,5,7-8H2,1H3. The summed E-state index contributed by atoms with van der Waals surface area (Å²) in [5.41, 5.74) is 2.41. The van der Waals surface area contributed by atoms with Gasteiger partial charge < -0.3 is 5.11 Å². The summed E-state index contributed by atoms with van der Waals surface area (Å²) in [6.07, 6.45) is 3.12. The molecule has 0 atom stereocenters. The Labute approximate surface area is 116 Å². The first-order valence-corrected chi connectivity index (χ1v) is 6.34. The van der Waals surface area contributed by atoms with E-state index in [1.54, 1.807) is 23.9 Å². The van der Waals surface area contributed by atoms with Gasteiger partial charge in [-0.1, -0.05) is 17.3 Å². The maximum Gasteiger partial charge on any atom is 0.272 e. The van der Waals surface area contributed by atoms with Crippen LogP contribution in [0, 0.1) is 17.0 Å². The SMILES string of the molecule is Cc1c(Cn2cc(CCCO)nn2)cccc1[N+](=O)[O-]. The number of nitro benzene ring substituents is 1. The van der Waals surface area contributed by atoms with E-state index in [2.05, 4.69) is 10.3 Å². The molecular weight excluding hydrogens is 260 g/mol. The second-order valence-electron chi connectivity index (χ2n) is 4.55. The Balaban J connectivity index is 2.16. The van der Waals surface area contributed by atoms with Crippen molar-refractivity contribution >= 4 is 5.69 Å². The first-order chi connectivity index (χ1) is 9.61. The number of nitro groups is 1. The first kappa shape index (κ1) is 14.1. The molecule has 1 heterocycles. The Kier molecular flexibility index (Phi) is 4.41. The molecular formula is C13H16N4O3. The van der Waals surface area contributed by atoms with Gasteiger partial charge in [0.15, 0.2) is 0 Å². The van der Waals surface area contributed by atoms with E-state index in [1.807, 2.05) is 6.07 Å². The zero-order valence-corrected chi connectivity index (χ0v) is 11.2. The van der Waals surface area contributed by atoms with E-state index >= 15 is 0 Å². The fraction of sp³-hybridized carbons (Fsp3) is 0.385. The van der Waals surface area contributed by atoms with Gasteiger partial charge in [0, 0.05) is 24.4 Å². The van der Waals surface area contributed by atoms with E-state index < -0.39 is 0 Å². The zero-order valence-electron chi connectivity index (χ0n) is 11.2. The molecule has 0 spiro atoms. The molecule has 0 aliphatic heterocycles. The van der Waals surface area contributed by atoms with Crippen molar-refractivity contribution in [2.75, 3.05) is 6.61 Å². The molecule has 0 saturated carbocycles. The lowest BCUT2D eigenvalue weighted by atomic mass is 10.1. The van der Waals surface area contributed by atoms with Crippen LogP contribution in [0.15, 0.2) is 24.4 Å². The number of aromatic nitrogens is 3. The van der Waals surface area contributed by atoms with Gasteiger partial charge in [0.05, 0.1) is 17.2 Å². The normalized spacial score (nSPS) is 10.7. The van der Waals surface area contributed by atoms with Crippen molar-refractivity contribution in [3.05, 3.63) is 51.3 Å². The highest BCUT2D eigenvalue weighted by atomic mass is 16.6. The predicted octanol–water partition coefficient (Wildman–Crippen LogP) is 1.47. The van der Waals surface area contributed by atoms with Crippen molar-refractivity contribution in [1.29, 1.82) is 0 Å². The predicted molar refractivity (Wildman–Crippen MR) is 72.4 cm³/mol. The van der Waals surface area contributed by atoms with Crippen molar-refractivity contribution < 1.29 is 10.0 Å². The Morgan fingerprint density at radius 3 is 2.95 bits per heavy atom. The van der Waals surface area contributed by atoms with E-state index in [1.165, 1.54) is 6.07 Å². The summed E-state index contributed by atoms with van der Waals surface area (Å²) < 4.78 is 1.65. The quantitative estimate of drug-likeness (QED) is 0.637. The molecule has 1 aromatic carbocycles. The van der Waals surface area contributed by atoms with Crippen molar-refractivity contribution in [1.82, 2.24) is 15.0 Å². The van der Waals surface area contributed by atoms with Gasteiger partial charge in [0.1, 0.15) is 0 Å². The van der Waals surface area contributed by atoms with Gasteiger partial charge in [-0.2, -0.15) is 0 Å². The molecule has 1 aromatic heterocycles. The summed E-state index contributed by atoms with van der Waals surface area (Å²) in [4.78, 5) is 10.5. The summed E-state index contributed by atoms with van der Waals surface area (Å²) in [7, 11) is 0. The molecule has 106 valence electrons. The summed E-state index contributed by atoms with van der Waals surface area (Å²) in [6.45, 7) is 2.30. The van der Waals surface area contributed by atoms with Crippen LogP contribution in [0.2, 0.25) is 0 Å². The highest BCUT2D eigenvalue weighted by molar-refractivity contribution is 5.44. The molecule has 0 saturated heterocycles. The number of benzene rings is 1. The summed E-state index contributed by atoms with van der Waals surface area (Å²) in [5, 5.41) is 27.7. The van der Waals surface area contributed by atoms with Gasteiger partial charge in [-0.05, 0) is 25.3 Å². The Bertz CT molecular complexity index is 609. The number of aliphatic hydroxyl groups excluding tert-OH is 1. The smallest absolute Gasteiger partial charge is 0.272 e. The first-order valence-electron chi connectivity index (χ1n) is 6.34. The second kappa shape index (κ2) is 6.25. The minimum absolute atomic E-state index is 0.114. The largest absolute Gasteiger partial charge is 0.396 e. The van der Waals surface area contributed by atoms with Crippen LogP contribution in [0.4, 0.5) is 5.69 Å². The lowest BCUT2D eigenvalue weighted by molar-refractivity contribution is -0.385. The number of hydrogen-bond acceptors (Lipinski definition) is 5. The van der Waals surface area contributed by atoms with Gasteiger partial charge in [0.2, 0.25) is 0 Å². The Hall–Kier alpha value is -2.28. The van der Waals surface area contributed by atoms with Crippen LogP contribution >= 0.6 is 0 Å². The average molecular weight is 276 g/mol. The van der Waals surface area contributed by atoms with Crippen molar-refractivity contribution in [3.63, 3.8) is 0 Å². The molecule has 0 bridgehead atoms. The minimum atomic E-state index is -0.382.